The second kappa shape index (κ2) is 2.84. The summed E-state index contributed by atoms with van der Waals surface area (Å²) in [5.41, 5.74) is 0.225. The average Bonchev–Trinajstić information content (AvgIpc) is 1.65. The molecule has 0 aliphatic heterocycles. The lowest BCUT2D eigenvalue weighted by Gasteiger charge is -1.65. The number of nitrogens with zero attached hydrogens (tertiary/aromatic N) is 2. The standard InChI is InChI=1S/C3H3Cl2N2/c1-2(7-6)3(4)5/h1H3/q+1. The summed E-state index contributed by atoms with van der Waals surface area (Å²) in [5, 5.41) is 7.90. The minimum absolute atomic E-state index is 0.0116. The molecule has 0 saturated carbocycles. The van der Waals surface area contributed by atoms with Gasteiger partial charge in [0.1, 0.15) is 0 Å². The van der Waals surface area contributed by atoms with Gasteiger partial charge in [0.2, 0.25) is 5.39 Å². The van der Waals surface area contributed by atoms with Crippen molar-refractivity contribution in [2.75, 3.05) is 0 Å². The van der Waals surface area contributed by atoms with Crippen LogP contribution in [0.4, 0.5) is 0 Å². The summed E-state index contributed by atoms with van der Waals surface area (Å²) in [6.07, 6.45) is 0. The van der Waals surface area contributed by atoms with E-state index in [4.69, 9.17) is 28.6 Å². The highest BCUT2D eigenvalue weighted by Gasteiger charge is 2.04. The molecule has 0 radical (unpaired) electrons. The molecule has 0 N–H and O–H groups in total. The third-order valence-corrected chi connectivity index (χ3v) is 0.970. The maximum Gasteiger partial charge on any atom is 0.388 e. The van der Waals surface area contributed by atoms with E-state index in [-0.39, 0.29) is 10.2 Å². The van der Waals surface area contributed by atoms with Crippen LogP contribution in [0, 0.1) is 5.39 Å². The predicted octanol–water partition coefficient (Wildman–Crippen LogP) is 2.51. The topological polar surface area (TPSA) is 28.1 Å². The number of allylic oxidation sites excluding steroid dienone is 1. The van der Waals surface area contributed by atoms with E-state index in [1.165, 1.54) is 6.92 Å². The smallest absolute Gasteiger partial charge is 0.0625 e. The van der Waals surface area contributed by atoms with Gasteiger partial charge in [-0.05, 0) is 0 Å². The van der Waals surface area contributed by atoms with Gasteiger partial charge < -0.3 is 0 Å². The summed E-state index contributed by atoms with van der Waals surface area (Å²) in [6, 6.07) is 0. The fourth-order valence-corrected chi connectivity index (χ4v) is 0.113. The molecule has 0 spiro atoms. The van der Waals surface area contributed by atoms with E-state index in [0.29, 0.717) is 0 Å². The molecule has 0 saturated heterocycles. The lowest BCUT2D eigenvalue weighted by Crippen LogP contribution is -1.59. The van der Waals surface area contributed by atoms with Gasteiger partial charge in [0.25, 0.3) is 0 Å². The Morgan fingerprint density at radius 3 is 2.00 bits per heavy atom. The fourth-order valence-electron chi connectivity index (χ4n) is 0.0378. The van der Waals surface area contributed by atoms with Gasteiger partial charge in [-0.15, -0.1) is 0 Å². The van der Waals surface area contributed by atoms with Crippen LogP contribution in [0.25, 0.3) is 4.98 Å². The molecule has 7 heavy (non-hydrogen) atoms. The van der Waals surface area contributed by atoms with E-state index < -0.39 is 0 Å². The Labute approximate surface area is 51.3 Å². The first-order valence-electron chi connectivity index (χ1n) is 1.55. The maximum absolute atomic E-state index is 7.90. The first kappa shape index (κ1) is 6.74. The minimum atomic E-state index is -0.0116. The monoisotopic (exact) mass is 137 g/mol. The zero-order chi connectivity index (χ0) is 5.86. The summed E-state index contributed by atoms with van der Waals surface area (Å²) < 4.78 is -0.0116. The first-order chi connectivity index (χ1) is 3.18. The van der Waals surface area contributed by atoms with Gasteiger partial charge in [0.05, 0.1) is 0 Å². The van der Waals surface area contributed by atoms with E-state index >= 15 is 0 Å². The van der Waals surface area contributed by atoms with Gasteiger partial charge in [-0.25, -0.2) is 0 Å². The van der Waals surface area contributed by atoms with Crippen LogP contribution in [0.15, 0.2) is 10.2 Å². The number of halogens is 2. The highest BCUT2D eigenvalue weighted by Crippen LogP contribution is 2.13. The number of hydrogen-bond acceptors (Lipinski definition) is 1. The first-order valence-corrected chi connectivity index (χ1v) is 2.31. The molecule has 38 valence electrons. The lowest BCUT2D eigenvalue weighted by molar-refractivity contribution is 1.37. The minimum Gasteiger partial charge on any atom is -0.0625 e. The van der Waals surface area contributed by atoms with Crippen LogP contribution in [-0.2, 0) is 0 Å². The van der Waals surface area contributed by atoms with Crippen molar-refractivity contribution in [2.24, 2.45) is 0 Å². The molecule has 0 aromatic rings. The molecule has 0 amide bonds. The van der Waals surface area contributed by atoms with Gasteiger partial charge in [0.15, 0.2) is 9.47 Å². The molecule has 0 rings (SSSR count). The largest absolute Gasteiger partial charge is 0.388 e. The van der Waals surface area contributed by atoms with Crippen molar-refractivity contribution in [1.29, 1.82) is 5.39 Å². The van der Waals surface area contributed by atoms with Crippen LogP contribution in [0.2, 0.25) is 0 Å². The van der Waals surface area contributed by atoms with Crippen molar-refractivity contribution in [2.45, 2.75) is 6.92 Å². The Morgan fingerprint density at radius 2 is 2.00 bits per heavy atom. The predicted molar refractivity (Wildman–Crippen MR) is 29.5 cm³/mol. The van der Waals surface area contributed by atoms with E-state index in [1.54, 1.807) is 0 Å². The van der Waals surface area contributed by atoms with Crippen molar-refractivity contribution in [3.63, 3.8) is 0 Å². The molecule has 0 aromatic heterocycles. The molecule has 0 aliphatic rings. The van der Waals surface area contributed by atoms with Crippen LogP contribution in [0.5, 0.6) is 0 Å². The summed E-state index contributed by atoms with van der Waals surface area (Å²) in [6.45, 7) is 1.50. The lowest BCUT2D eigenvalue weighted by atomic mass is 10.6. The van der Waals surface area contributed by atoms with Crippen LogP contribution >= 0.6 is 23.2 Å². The van der Waals surface area contributed by atoms with Gasteiger partial charge in [-0.1, -0.05) is 23.2 Å². The highest BCUT2D eigenvalue weighted by atomic mass is 35.5. The van der Waals surface area contributed by atoms with Crippen LogP contribution in [-0.4, -0.2) is 0 Å². The molecule has 2 nitrogen and oxygen atoms in total. The third-order valence-electron chi connectivity index (χ3n) is 0.423. The second-order valence-electron chi connectivity index (χ2n) is 0.946. The van der Waals surface area contributed by atoms with E-state index in [2.05, 4.69) is 4.98 Å². The highest BCUT2D eigenvalue weighted by molar-refractivity contribution is 6.56. The Balaban J connectivity index is 4.07. The SMILES string of the molecule is CC([N+]#N)=C(Cl)Cl. The number of hydrogen-bond donors (Lipinski definition) is 0. The average molecular weight is 138 g/mol. The Hall–Kier alpha value is -0.260. The van der Waals surface area contributed by atoms with Gasteiger partial charge >= 0.3 is 5.70 Å². The van der Waals surface area contributed by atoms with Gasteiger partial charge in [-0.2, -0.15) is 0 Å². The zero-order valence-corrected chi connectivity index (χ0v) is 5.16. The Morgan fingerprint density at radius 1 is 1.57 bits per heavy atom. The number of diazo groups is 1. The van der Waals surface area contributed by atoms with E-state index in [0.717, 1.165) is 0 Å². The molecule has 0 unspecified atom stereocenters. The summed E-state index contributed by atoms with van der Waals surface area (Å²) in [5.74, 6) is 0. The molecule has 0 aromatic carbocycles. The summed E-state index contributed by atoms with van der Waals surface area (Å²) in [4.78, 5) is 2.70. The zero-order valence-electron chi connectivity index (χ0n) is 3.65. The van der Waals surface area contributed by atoms with Gasteiger partial charge in [-0.3, -0.25) is 0 Å². The molecule has 0 fully saturated rings. The van der Waals surface area contributed by atoms with Crippen molar-refractivity contribution in [1.82, 2.24) is 0 Å². The van der Waals surface area contributed by atoms with E-state index in [1.807, 2.05) is 0 Å². The summed E-state index contributed by atoms with van der Waals surface area (Å²) >= 11 is 10.2. The van der Waals surface area contributed by atoms with E-state index in [9.17, 15) is 0 Å². The normalized spacial score (nSPS) is 7.14. The third kappa shape index (κ3) is 2.44. The summed E-state index contributed by atoms with van der Waals surface area (Å²) in [7, 11) is 0. The molecule has 0 atom stereocenters. The van der Waals surface area contributed by atoms with Crippen LogP contribution in [0.3, 0.4) is 0 Å². The molecule has 4 heteroatoms. The van der Waals surface area contributed by atoms with Crippen molar-refractivity contribution in [3.05, 3.63) is 15.2 Å². The quantitative estimate of drug-likeness (QED) is 0.472. The van der Waals surface area contributed by atoms with Crippen LogP contribution in [0.1, 0.15) is 6.92 Å². The molecule has 0 heterocycles. The van der Waals surface area contributed by atoms with Crippen molar-refractivity contribution >= 4 is 23.2 Å². The maximum atomic E-state index is 7.90. The molecular weight excluding hydrogens is 135 g/mol. The van der Waals surface area contributed by atoms with Crippen molar-refractivity contribution in [3.8, 4) is 0 Å². The van der Waals surface area contributed by atoms with Gasteiger partial charge in [0, 0.05) is 6.92 Å². The van der Waals surface area contributed by atoms with Crippen molar-refractivity contribution < 1.29 is 0 Å². The van der Waals surface area contributed by atoms with Crippen LogP contribution < -0.4 is 0 Å². The number of rotatable bonds is 0. The Kier molecular flexibility index (Phi) is 2.73. The molecule has 0 bridgehead atoms. The second-order valence-corrected chi connectivity index (χ2v) is 1.90. The fraction of sp³-hybridized carbons (Fsp3) is 0.333. The molecular formula is C3H3Cl2N2+. The molecule has 0 aliphatic carbocycles. The Bertz CT molecular complexity index is 128.